The third kappa shape index (κ3) is 5.79. The summed E-state index contributed by atoms with van der Waals surface area (Å²) >= 11 is 0. The highest BCUT2D eigenvalue weighted by molar-refractivity contribution is 5.91. The Hall–Kier alpha value is -3.10. The fourth-order valence-corrected chi connectivity index (χ4v) is 2.03. The minimum Gasteiger partial charge on any atom is -0.467 e. The molecule has 2 rings (SSSR count). The van der Waals surface area contributed by atoms with Crippen molar-refractivity contribution in [3.63, 3.8) is 0 Å². The number of carbonyl (C=O) groups excluding carboxylic acids is 1. The van der Waals surface area contributed by atoms with E-state index in [0.29, 0.717) is 10.5 Å². The van der Waals surface area contributed by atoms with Gasteiger partial charge in [-0.15, -0.1) is 0 Å². The molecule has 0 saturated carbocycles. The van der Waals surface area contributed by atoms with Crippen molar-refractivity contribution >= 4 is 17.7 Å². The van der Waals surface area contributed by atoms with Gasteiger partial charge < -0.3 is 9.32 Å². The van der Waals surface area contributed by atoms with Gasteiger partial charge in [0.1, 0.15) is 12.3 Å². The van der Waals surface area contributed by atoms with Crippen LogP contribution in [-0.2, 0) is 11.3 Å². The molecule has 0 N–H and O–H groups in total. The lowest BCUT2D eigenvalue weighted by atomic mass is 10.2. The highest BCUT2D eigenvalue weighted by Crippen LogP contribution is 2.19. The van der Waals surface area contributed by atoms with E-state index in [1.54, 1.807) is 0 Å². The number of rotatable bonds is 6. The molecular formula is C16H13F3N2O4. The lowest BCUT2D eigenvalue weighted by Gasteiger charge is -2.21. The molecule has 2 aromatic rings. The van der Waals surface area contributed by atoms with Gasteiger partial charge in [-0.1, -0.05) is 12.1 Å². The second kappa shape index (κ2) is 7.65. The fraction of sp³-hybridized carbons (Fsp3) is 0.188. The van der Waals surface area contributed by atoms with Crippen LogP contribution >= 0.6 is 0 Å². The summed E-state index contributed by atoms with van der Waals surface area (Å²) < 4.78 is 43.0. The van der Waals surface area contributed by atoms with E-state index in [9.17, 15) is 28.1 Å². The summed E-state index contributed by atoms with van der Waals surface area (Å²) in [5, 5.41) is 10.7. The molecule has 1 heterocycles. The van der Waals surface area contributed by atoms with Crippen LogP contribution < -0.4 is 0 Å². The summed E-state index contributed by atoms with van der Waals surface area (Å²) in [6.45, 7) is -1.78. The number of hydrogen-bond donors (Lipinski definition) is 0. The molecule has 0 fully saturated rings. The standard InChI is InChI=1S/C16H13F3N2O4/c17-16(18,19)11-20(10-14-5-2-8-25-14)15(22)7-6-12-3-1-4-13(9-12)21(23)24/h1-9H,10-11H2/b7-6+. The summed E-state index contributed by atoms with van der Waals surface area (Å²) in [6, 6.07) is 8.36. The predicted molar refractivity (Wildman–Crippen MR) is 82.3 cm³/mol. The molecule has 132 valence electrons. The Bertz CT molecular complexity index is 770. The minimum atomic E-state index is -4.57. The molecule has 0 bridgehead atoms. The highest BCUT2D eigenvalue weighted by Gasteiger charge is 2.32. The van der Waals surface area contributed by atoms with Crippen molar-refractivity contribution in [2.24, 2.45) is 0 Å². The van der Waals surface area contributed by atoms with Gasteiger partial charge in [-0.2, -0.15) is 13.2 Å². The largest absolute Gasteiger partial charge is 0.467 e. The zero-order valence-electron chi connectivity index (χ0n) is 12.8. The van der Waals surface area contributed by atoms with Crippen LogP contribution in [0.4, 0.5) is 18.9 Å². The third-order valence-electron chi connectivity index (χ3n) is 3.11. The van der Waals surface area contributed by atoms with Gasteiger partial charge in [-0.3, -0.25) is 14.9 Å². The van der Waals surface area contributed by atoms with Crippen LogP contribution in [0.3, 0.4) is 0 Å². The molecule has 0 saturated heterocycles. The van der Waals surface area contributed by atoms with Crippen molar-refractivity contribution in [2.75, 3.05) is 6.54 Å². The van der Waals surface area contributed by atoms with Crippen LogP contribution in [0.5, 0.6) is 0 Å². The SMILES string of the molecule is O=C(/C=C/c1cccc([N+](=O)[O-])c1)N(Cc1ccco1)CC(F)(F)F. The number of hydrogen-bond acceptors (Lipinski definition) is 4. The highest BCUT2D eigenvalue weighted by atomic mass is 19.4. The quantitative estimate of drug-likeness (QED) is 0.449. The maximum Gasteiger partial charge on any atom is 0.406 e. The Balaban J connectivity index is 2.15. The van der Waals surface area contributed by atoms with E-state index in [2.05, 4.69) is 0 Å². The number of nitrogens with zero attached hydrogens (tertiary/aromatic N) is 2. The second-order valence-corrected chi connectivity index (χ2v) is 5.07. The molecule has 0 aliphatic rings. The van der Waals surface area contributed by atoms with Gasteiger partial charge >= 0.3 is 6.18 Å². The first-order valence-corrected chi connectivity index (χ1v) is 7.05. The van der Waals surface area contributed by atoms with E-state index in [4.69, 9.17) is 4.42 Å². The summed E-state index contributed by atoms with van der Waals surface area (Å²) in [4.78, 5) is 22.8. The van der Waals surface area contributed by atoms with Gasteiger partial charge in [0.25, 0.3) is 5.69 Å². The first-order chi connectivity index (χ1) is 11.7. The van der Waals surface area contributed by atoms with Gasteiger partial charge in [0, 0.05) is 18.2 Å². The average Bonchev–Trinajstić information content (AvgIpc) is 3.04. The molecule has 0 atom stereocenters. The van der Waals surface area contributed by atoms with E-state index in [0.717, 1.165) is 6.08 Å². The van der Waals surface area contributed by atoms with Crippen LogP contribution in [0.25, 0.3) is 6.08 Å². The molecule has 1 aromatic carbocycles. The molecule has 1 amide bonds. The number of halogens is 3. The van der Waals surface area contributed by atoms with Crippen molar-refractivity contribution in [1.82, 2.24) is 4.90 Å². The topological polar surface area (TPSA) is 76.6 Å². The molecule has 0 unspecified atom stereocenters. The van der Waals surface area contributed by atoms with Crippen LogP contribution in [0, 0.1) is 10.1 Å². The molecule has 0 radical (unpaired) electrons. The summed E-state index contributed by atoms with van der Waals surface area (Å²) in [6.07, 6.45) is -1.11. The summed E-state index contributed by atoms with van der Waals surface area (Å²) in [7, 11) is 0. The first kappa shape index (κ1) is 18.2. The zero-order chi connectivity index (χ0) is 18.4. The number of furan rings is 1. The molecule has 0 spiro atoms. The Kier molecular flexibility index (Phi) is 5.58. The number of amides is 1. The van der Waals surface area contributed by atoms with Crippen molar-refractivity contribution in [1.29, 1.82) is 0 Å². The predicted octanol–water partition coefficient (Wildman–Crippen LogP) is 3.79. The molecule has 25 heavy (non-hydrogen) atoms. The summed E-state index contributed by atoms with van der Waals surface area (Å²) in [5.41, 5.74) is 0.143. The van der Waals surface area contributed by atoms with E-state index in [-0.39, 0.29) is 18.0 Å². The van der Waals surface area contributed by atoms with E-state index in [1.807, 2.05) is 0 Å². The minimum absolute atomic E-state index is 0.183. The monoisotopic (exact) mass is 354 g/mol. The normalized spacial score (nSPS) is 11.6. The van der Waals surface area contributed by atoms with Crippen LogP contribution in [0.15, 0.2) is 53.2 Å². The lowest BCUT2D eigenvalue weighted by molar-refractivity contribution is -0.384. The number of alkyl halides is 3. The fourth-order valence-electron chi connectivity index (χ4n) is 2.03. The van der Waals surface area contributed by atoms with Crippen LogP contribution in [-0.4, -0.2) is 28.5 Å². The van der Waals surface area contributed by atoms with E-state index in [1.165, 1.54) is 48.7 Å². The average molecular weight is 354 g/mol. The second-order valence-electron chi connectivity index (χ2n) is 5.07. The molecule has 1 aromatic heterocycles. The van der Waals surface area contributed by atoms with Crippen molar-refractivity contribution in [2.45, 2.75) is 12.7 Å². The van der Waals surface area contributed by atoms with Crippen molar-refractivity contribution < 1.29 is 27.3 Å². The number of carbonyl (C=O) groups is 1. The Morgan fingerprint density at radius 3 is 2.64 bits per heavy atom. The van der Waals surface area contributed by atoms with Gasteiger partial charge in [0.2, 0.25) is 5.91 Å². The smallest absolute Gasteiger partial charge is 0.406 e. The summed E-state index contributed by atoms with van der Waals surface area (Å²) in [5.74, 6) is -0.679. The Morgan fingerprint density at radius 2 is 2.04 bits per heavy atom. The zero-order valence-corrected chi connectivity index (χ0v) is 12.8. The lowest BCUT2D eigenvalue weighted by Crippen LogP contribution is -2.37. The number of benzene rings is 1. The molecule has 0 aliphatic heterocycles. The number of nitro benzene ring substituents is 1. The molecular weight excluding hydrogens is 341 g/mol. The Labute approximate surface area is 140 Å². The van der Waals surface area contributed by atoms with Crippen LogP contribution in [0.1, 0.15) is 11.3 Å². The first-order valence-electron chi connectivity index (χ1n) is 7.05. The van der Waals surface area contributed by atoms with E-state index >= 15 is 0 Å². The maximum atomic E-state index is 12.7. The van der Waals surface area contributed by atoms with Gasteiger partial charge in [0.15, 0.2) is 0 Å². The van der Waals surface area contributed by atoms with E-state index < -0.39 is 23.6 Å². The number of nitro groups is 1. The molecule has 0 aliphatic carbocycles. The van der Waals surface area contributed by atoms with Crippen molar-refractivity contribution in [3.8, 4) is 0 Å². The number of non-ortho nitro benzene ring substituents is 1. The van der Waals surface area contributed by atoms with Gasteiger partial charge in [-0.05, 0) is 23.8 Å². The van der Waals surface area contributed by atoms with Crippen LogP contribution in [0.2, 0.25) is 0 Å². The van der Waals surface area contributed by atoms with Crippen molar-refractivity contribution in [3.05, 3.63) is 70.2 Å². The maximum absolute atomic E-state index is 12.7. The molecule has 6 nitrogen and oxygen atoms in total. The Morgan fingerprint density at radius 1 is 1.28 bits per heavy atom. The molecule has 9 heteroatoms. The van der Waals surface area contributed by atoms with Gasteiger partial charge in [-0.25, -0.2) is 0 Å². The van der Waals surface area contributed by atoms with Gasteiger partial charge in [0.05, 0.1) is 17.7 Å². The third-order valence-corrected chi connectivity index (χ3v) is 3.11.